The van der Waals surface area contributed by atoms with Gasteiger partial charge in [-0.3, -0.25) is 4.79 Å². The minimum Gasteiger partial charge on any atom is -0.489 e. The quantitative estimate of drug-likeness (QED) is 0.761. The number of amides is 2. The molecular formula is C16H20N4O3. The van der Waals surface area contributed by atoms with Gasteiger partial charge in [0.05, 0.1) is 30.4 Å². The maximum atomic E-state index is 12.0. The number of ether oxygens (including phenoxy) is 1. The minimum absolute atomic E-state index is 0.0567. The molecule has 0 radical (unpaired) electrons. The van der Waals surface area contributed by atoms with Gasteiger partial charge in [0.25, 0.3) is 5.56 Å². The summed E-state index contributed by atoms with van der Waals surface area (Å²) in [6, 6.07) is 8.17. The molecule has 2 rings (SSSR count). The number of nitrogens with one attached hydrogen (secondary N) is 3. The van der Waals surface area contributed by atoms with Crippen LogP contribution in [0.1, 0.15) is 26.0 Å². The molecule has 0 saturated carbocycles. The summed E-state index contributed by atoms with van der Waals surface area (Å²) in [6.45, 7) is 4.15. The van der Waals surface area contributed by atoms with Crippen LogP contribution in [-0.4, -0.2) is 22.1 Å². The van der Waals surface area contributed by atoms with E-state index in [1.165, 1.54) is 12.4 Å². The number of hydrogen-bond acceptors (Lipinski definition) is 4. The van der Waals surface area contributed by atoms with E-state index in [-0.39, 0.29) is 18.2 Å². The molecule has 1 aromatic carbocycles. The highest BCUT2D eigenvalue weighted by Crippen LogP contribution is 2.25. The van der Waals surface area contributed by atoms with Crippen molar-refractivity contribution in [2.75, 3.05) is 5.32 Å². The Labute approximate surface area is 134 Å². The summed E-state index contributed by atoms with van der Waals surface area (Å²) >= 11 is 0. The number of aromatic nitrogens is 2. The lowest BCUT2D eigenvalue weighted by Gasteiger charge is -2.16. The molecule has 122 valence electrons. The van der Waals surface area contributed by atoms with Crippen molar-refractivity contribution in [2.24, 2.45) is 0 Å². The molecule has 7 nitrogen and oxygen atoms in total. The number of anilines is 1. The second-order valence-corrected chi connectivity index (χ2v) is 5.04. The van der Waals surface area contributed by atoms with Crippen molar-refractivity contribution in [3.8, 4) is 5.75 Å². The van der Waals surface area contributed by atoms with E-state index < -0.39 is 6.03 Å². The Balaban J connectivity index is 1.96. The fourth-order valence-corrected chi connectivity index (χ4v) is 1.82. The molecule has 0 spiro atoms. The van der Waals surface area contributed by atoms with Gasteiger partial charge in [0.2, 0.25) is 0 Å². The zero-order valence-corrected chi connectivity index (χ0v) is 13.1. The van der Waals surface area contributed by atoms with E-state index in [0.29, 0.717) is 17.1 Å². The summed E-state index contributed by atoms with van der Waals surface area (Å²) in [6.07, 6.45) is 2.22. The van der Waals surface area contributed by atoms with E-state index >= 15 is 0 Å². The molecule has 0 aliphatic carbocycles. The number of para-hydroxylation sites is 2. The number of benzene rings is 1. The van der Waals surface area contributed by atoms with Gasteiger partial charge in [-0.2, -0.15) is 0 Å². The molecular weight excluding hydrogens is 296 g/mol. The second-order valence-electron chi connectivity index (χ2n) is 5.04. The Morgan fingerprint density at radius 1 is 1.39 bits per heavy atom. The molecule has 2 amide bonds. The van der Waals surface area contributed by atoms with Crippen molar-refractivity contribution in [2.45, 2.75) is 32.9 Å². The number of H-pyrrole nitrogens is 1. The summed E-state index contributed by atoms with van der Waals surface area (Å²) in [7, 11) is 0. The molecule has 0 aliphatic rings. The lowest BCUT2D eigenvalue weighted by molar-refractivity contribution is 0.218. The van der Waals surface area contributed by atoms with Crippen molar-refractivity contribution in [3.05, 3.63) is 52.7 Å². The van der Waals surface area contributed by atoms with Crippen LogP contribution in [0.4, 0.5) is 10.5 Å². The van der Waals surface area contributed by atoms with Crippen LogP contribution in [-0.2, 0) is 6.54 Å². The van der Waals surface area contributed by atoms with Crippen molar-refractivity contribution in [1.29, 1.82) is 0 Å². The van der Waals surface area contributed by atoms with Crippen LogP contribution in [0.3, 0.4) is 0 Å². The van der Waals surface area contributed by atoms with Crippen molar-refractivity contribution in [3.63, 3.8) is 0 Å². The van der Waals surface area contributed by atoms with Gasteiger partial charge in [0.1, 0.15) is 5.75 Å². The van der Waals surface area contributed by atoms with E-state index in [4.69, 9.17) is 4.74 Å². The van der Waals surface area contributed by atoms with Gasteiger partial charge in [-0.1, -0.05) is 19.1 Å². The highest BCUT2D eigenvalue weighted by atomic mass is 16.5. The lowest BCUT2D eigenvalue weighted by Crippen LogP contribution is -2.29. The zero-order chi connectivity index (χ0) is 16.7. The molecule has 1 aromatic heterocycles. The van der Waals surface area contributed by atoms with Gasteiger partial charge in [-0.05, 0) is 25.5 Å². The third-order valence-corrected chi connectivity index (χ3v) is 3.20. The molecule has 3 N–H and O–H groups in total. The monoisotopic (exact) mass is 316 g/mol. The molecule has 1 heterocycles. The van der Waals surface area contributed by atoms with E-state index in [2.05, 4.69) is 20.6 Å². The van der Waals surface area contributed by atoms with E-state index in [9.17, 15) is 9.59 Å². The van der Waals surface area contributed by atoms with E-state index in [0.717, 1.165) is 6.42 Å². The Morgan fingerprint density at radius 2 is 2.17 bits per heavy atom. The minimum atomic E-state index is -0.396. The van der Waals surface area contributed by atoms with Gasteiger partial charge in [0, 0.05) is 6.07 Å². The van der Waals surface area contributed by atoms with Crippen molar-refractivity contribution >= 4 is 11.7 Å². The van der Waals surface area contributed by atoms with Gasteiger partial charge in [-0.25, -0.2) is 9.78 Å². The molecule has 7 heteroatoms. The number of urea groups is 1. The van der Waals surface area contributed by atoms with Gasteiger partial charge in [0.15, 0.2) is 0 Å². The summed E-state index contributed by atoms with van der Waals surface area (Å²) in [5.74, 6) is 0.617. The van der Waals surface area contributed by atoms with Crippen LogP contribution in [0.15, 0.2) is 41.5 Å². The van der Waals surface area contributed by atoms with Gasteiger partial charge in [-0.15, -0.1) is 0 Å². The molecule has 1 atom stereocenters. The first-order chi connectivity index (χ1) is 11.1. The highest BCUT2D eigenvalue weighted by Gasteiger charge is 2.09. The Hall–Kier alpha value is -2.83. The Kier molecular flexibility index (Phi) is 5.74. The topological polar surface area (TPSA) is 96.1 Å². The average Bonchev–Trinajstić information content (AvgIpc) is 2.55. The smallest absolute Gasteiger partial charge is 0.319 e. The average molecular weight is 316 g/mol. The number of rotatable bonds is 6. The van der Waals surface area contributed by atoms with E-state index in [1.54, 1.807) is 12.1 Å². The van der Waals surface area contributed by atoms with Crippen LogP contribution in [0.25, 0.3) is 0 Å². The van der Waals surface area contributed by atoms with Crippen LogP contribution in [0.2, 0.25) is 0 Å². The normalized spacial score (nSPS) is 11.6. The Morgan fingerprint density at radius 3 is 2.91 bits per heavy atom. The third-order valence-electron chi connectivity index (χ3n) is 3.20. The van der Waals surface area contributed by atoms with Crippen molar-refractivity contribution < 1.29 is 9.53 Å². The second kappa shape index (κ2) is 7.98. The number of carbonyl (C=O) groups excluding carboxylic acids is 1. The largest absolute Gasteiger partial charge is 0.489 e. The molecule has 0 fully saturated rings. The van der Waals surface area contributed by atoms with Gasteiger partial charge >= 0.3 is 6.03 Å². The van der Waals surface area contributed by atoms with Crippen LogP contribution >= 0.6 is 0 Å². The summed E-state index contributed by atoms with van der Waals surface area (Å²) in [5.41, 5.74) is 0.807. The maximum Gasteiger partial charge on any atom is 0.319 e. The molecule has 0 aliphatic heterocycles. The lowest BCUT2D eigenvalue weighted by atomic mass is 10.2. The van der Waals surface area contributed by atoms with Gasteiger partial charge < -0.3 is 20.4 Å². The summed E-state index contributed by atoms with van der Waals surface area (Å²) < 4.78 is 5.77. The number of carbonyl (C=O) groups is 1. The summed E-state index contributed by atoms with van der Waals surface area (Å²) in [5, 5.41) is 5.38. The molecule has 0 bridgehead atoms. The fraction of sp³-hybridized carbons (Fsp3) is 0.312. The first kappa shape index (κ1) is 16.5. The third kappa shape index (κ3) is 5.14. The highest BCUT2D eigenvalue weighted by molar-refractivity contribution is 5.90. The molecule has 0 unspecified atom stereocenters. The van der Waals surface area contributed by atoms with Crippen molar-refractivity contribution in [1.82, 2.24) is 15.3 Å². The SMILES string of the molecule is CC[C@H](C)Oc1ccccc1NC(=O)NCc1cc(=O)[nH]cn1. The van der Waals surface area contributed by atoms with E-state index in [1.807, 2.05) is 26.0 Å². The first-order valence-corrected chi connectivity index (χ1v) is 7.42. The fourth-order valence-electron chi connectivity index (χ4n) is 1.82. The molecule has 0 saturated heterocycles. The van der Waals surface area contributed by atoms with Crippen LogP contribution in [0, 0.1) is 0 Å². The Bertz CT molecular complexity index is 714. The standard InChI is InChI=1S/C16H20N4O3/c1-3-11(2)23-14-7-5-4-6-13(14)20-16(22)17-9-12-8-15(21)19-10-18-12/h4-8,10-11H,3,9H2,1-2H3,(H2,17,20,22)(H,18,19,21)/t11-/m0/s1. The predicted molar refractivity (Wildman–Crippen MR) is 87.5 cm³/mol. The predicted octanol–water partition coefficient (Wildman–Crippen LogP) is 2.27. The molecule has 2 aromatic rings. The number of nitrogens with zero attached hydrogens (tertiary/aromatic N) is 1. The maximum absolute atomic E-state index is 12.0. The number of aromatic amines is 1. The molecule has 23 heavy (non-hydrogen) atoms. The number of hydrogen-bond donors (Lipinski definition) is 3. The summed E-state index contributed by atoms with van der Waals surface area (Å²) in [4.78, 5) is 29.5. The zero-order valence-electron chi connectivity index (χ0n) is 13.1. The van der Waals surface area contributed by atoms with Crippen LogP contribution < -0.4 is 20.9 Å². The first-order valence-electron chi connectivity index (χ1n) is 7.42. The van der Waals surface area contributed by atoms with Crippen LogP contribution in [0.5, 0.6) is 5.75 Å².